The molecule has 14 heavy (non-hydrogen) atoms. The van der Waals surface area contributed by atoms with E-state index in [4.69, 9.17) is 16.3 Å². The molecule has 2 rings (SSSR count). The molecule has 75 valence electrons. The van der Waals surface area contributed by atoms with Gasteiger partial charge in [0.25, 0.3) is 0 Å². The first-order valence-corrected chi connectivity index (χ1v) is 5.28. The van der Waals surface area contributed by atoms with Gasteiger partial charge in [-0.15, -0.1) is 0 Å². The quantitative estimate of drug-likeness (QED) is 0.736. The summed E-state index contributed by atoms with van der Waals surface area (Å²) in [6.45, 7) is 1.77. The number of halogens is 1. The van der Waals surface area contributed by atoms with Crippen molar-refractivity contribution < 1.29 is 4.74 Å². The summed E-state index contributed by atoms with van der Waals surface area (Å²) >= 11 is 5.99. The monoisotopic (exact) mass is 210 g/mol. The van der Waals surface area contributed by atoms with E-state index in [0.29, 0.717) is 5.02 Å². The fourth-order valence-electron chi connectivity index (χ4n) is 1.57. The van der Waals surface area contributed by atoms with Crippen molar-refractivity contribution in [1.29, 1.82) is 0 Å². The number of hydrogen-bond donors (Lipinski definition) is 0. The molecule has 1 aromatic rings. The molecule has 1 radical (unpaired) electrons. The fraction of sp³-hybridized carbons (Fsp3) is 0.455. The maximum Gasteiger partial charge on any atom is 0.138 e. The van der Waals surface area contributed by atoms with Gasteiger partial charge in [-0.25, -0.2) is 5.32 Å². The molecule has 1 unspecified atom stereocenters. The summed E-state index contributed by atoms with van der Waals surface area (Å²) in [5.41, 5.74) is 0. The van der Waals surface area contributed by atoms with Gasteiger partial charge in [0.15, 0.2) is 0 Å². The zero-order valence-corrected chi connectivity index (χ0v) is 8.70. The van der Waals surface area contributed by atoms with Crippen molar-refractivity contribution in [2.24, 2.45) is 0 Å². The molecule has 0 aliphatic carbocycles. The number of para-hydroxylation sites is 1. The van der Waals surface area contributed by atoms with Gasteiger partial charge in [0.1, 0.15) is 11.9 Å². The third-order valence-corrected chi connectivity index (χ3v) is 2.62. The first-order chi connectivity index (χ1) is 6.86. The van der Waals surface area contributed by atoms with Crippen molar-refractivity contribution in [3.63, 3.8) is 0 Å². The second-order valence-corrected chi connectivity index (χ2v) is 3.85. The van der Waals surface area contributed by atoms with Crippen LogP contribution in [0.15, 0.2) is 24.3 Å². The standard InChI is InChI=1S/C11H13ClNO/c12-10-5-1-2-6-11(10)14-9-4-3-7-13-8-9/h1-2,5-6,9H,3-4,7-8H2. The molecule has 2 nitrogen and oxygen atoms in total. The van der Waals surface area contributed by atoms with Crippen LogP contribution in [0.25, 0.3) is 0 Å². The van der Waals surface area contributed by atoms with E-state index in [1.54, 1.807) is 0 Å². The van der Waals surface area contributed by atoms with Crippen molar-refractivity contribution in [1.82, 2.24) is 5.32 Å². The molecular formula is C11H13ClNO. The number of benzene rings is 1. The second kappa shape index (κ2) is 4.67. The lowest BCUT2D eigenvalue weighted by atomic mass is 10.1. The van der Waals surface area contributed by atoms with E-state index in [9.17, 15) is 0 Å². The minimum atomic E-state index is 0.212. The number of nitrogens with zero attached hydrogens (tertiary/aromatic N) is 1. The Morgan fingerprint density at radius 1 is 1.36 bits per heavy atom. The molecule has 1 heterocycles. The summed E-state index contributed by atoms with van der Waals surface area (Å²) in [7, 11) is 0. The molecule has 0 aromatic heterocycles. The first kappa shape index (κ1) is 9.81. The van der Waals surface area contributed by atoms with E-state index in [2.05, 4.69) is 5.32 Å². The van der Waals surface area contributed by atoms with E-state index >= 15 is 0 Å². The number of rotatable bonds is 2. The Hall–Kier alpha value is -0.730. The number of hydrogen-bond acceptors (Lipinski definition) is 1. The summed E-state index contributed by atoms with van der Waals surface area (Å²) in [4.78, 5) is 0. The lowest BCUT2D eigenvalue weighted by Crippen LogP contribution is -2.33. The van der Waals surface area contributed by atoms with Gasteiger partial charge in [0.2, 0.25) is 0 Å². The molecule has 1 fully saturated rings. The molecule has 1 aliphatic rings. The minimum absolute atomic E-state index is 0.212. The average Bonchev–Trinajstić information content (AvgIpc) is 2.23. The molecule has 1 aliphatic heterocycles. The van der Waals surface area contributed by atoms with Gasteiger partial charge in [-0.1, -0.05) is 23.7 Å². The van der Waals surface area contributed by atoms with Gasteiger partial charge < -0.3 is 4.74 Å². The highest BCUT2D eigenvalue weighted by atomic mass is 35.5. The third-order valence-electron chi connectivity index (χ3n) is 2.31. The normalized spacial score (nSPS) is 21.9. The first-order valence-electron chi connectivity index (χ1n) is 4.91. The van der Waals surface area contributed by atoms with Gasteiger partial charge in [0.05, 0.1) is 11.6 Å². The predicted molar refractivity (Wildman–Crippen MR) is 57.0 cm³/mol. The van der Waals surface area contributed by atoms with Gasteiger partial charge in [-0.05, 0) is 25.0 Å². The van der Waals surface area contributed by atoms with E-state index in [-0.39, 0.29) is 6.10 Å². The van der Waals surface area contributed by atoms with E-state index in [1.807, 2.05) is 24.3 Å². The Bertz CT molecular complexity index is 297. The van der Waals surface area contributed by atoms with E-state index in [0.717, 1.165) is 31.7 Å². The molecular weight excluding hydrogens is 198 g/mol. The molecule has 1 saturated heterocycles. The van der Waals surface area contributed by atoms with Crippen molar-refractivity contribution in [3.05, 3.63) is 29.3 Å². The van der Waals surface area contributed by atoms with Crippen LogP contribution in [0.3, 0.4) is 0 Å². The summed E-state index contributed by atoms with van der Waals surface area (Å²) in [5.74, 6) is 0.774. The Balaban J connectivity index is 1.99. The average molecular weight is 211 g/mol. The van der Waals surface area contributed by atoms with Crippen LogP contribution in [-0.2, 0) is 0 Å². The largest absolute Gasteiger partial charge is 0.487 e. The highest BCUT2D eigenvalue weighted by Gasteiger charge is 2.15. The Labute approximate surface area is 89.2 Å². The predicted octanol–water partition coefficient (Wildman–Crippen LogP) is 2.49. The number of piperidine rings is 1. The highest BCUT2D eigenvalue weighted by molar-refractivity contribution is 6.32. The fourth-order valence-corrected chi connectivity index (χ4v) is 1.75. The zero-order valence-electron chi connectivity index (χ0n) is 7.95. The van der Waals surface area contributed by atoms with Gasteiger partial charge in [0, 0.05) is 6.54 Å². The molecule has 0 amide bonds. The number of ether oxygens (including phenoxy) is 1. The molecule has 3 heteroatoms. The van der Waals surface area contributed by atoms with Crippen molar-refractivity contribution in [2.75, 3.05) is 13.1 Å². The van der Waals surface area contributed by atoms with Crippen LogP contribution in [0, 0.1) is 0 Å². The Kier molecular flexibility index (Phi) is 3.27. The SMILES string of the molecule is Clc1ccccc1OC1CCC[N]C1. The third kappa shape index (κ3) is 2.40. The zero-order chi connectivity index (χ0) is 9.80. The van der Waals surface area contributed by atoms with Crippen LogP contribution in [0.4, 0.5) is 0 Å². The molecule has 0 saturated carbocycles. The Morgan fingerprint density at radius 2 is 2.21 bits per heavy atom. The maximum absolute atomic E-state index is 5.99. The minimum Gasteiger partial charge on any atom is -0.487 e. The summed E-state index contributed by atoms with van der Waals surface area (Å²) in [6, 6.07) is 7.58. The van der Waals surface area contributed by atoms with Crippen LogP contribution in [0.1, 0.15) is 12.8 Å². The molecule has 0 bridgehead atoms. The van der Waals surface area contributed by atoms with Crippen LogP contribution in [0.5, 0.6) is 5.75 Å². The molecule has 0 N–H and O–H groups in total. The van der Waals surface area contributed by atoms with Crippen LogP contribution >= 0.6 is 11.6 Å². The van der Waals surface area contributed by atoms with Gasteiger partial charge in [-0.2, -0.15) is 0 Å². The van der Waals surface area contributed by atoms with Crippen molar-refractivity contribution >= 4 is 11.6 Å². The Morgan fingerprint density at radius 3 is 2.93 bits per heavy atom. The van der Waals surface area contributed by atoms with Gasteiger partial charge >= 0.3 is 0 Å². The second-order valence-electron chi connectivity index (χ2n) is 3.44. The maximum atomic E-state index is 5.99. The van der Waals surface area contributed by atoms with Crippen LogP contribution in [-0.4, -0.2) is 19.2 Å². The van der Waals surface area contributed by atoms with Crippen molar-refractivity contribution in [2.45, 2.75) is 18.9 Å². The molecule has 1 atom stereocenters. The summed E-state index contributed by atoms with van der Waals surface area (Å²) in [6.07, 6.45) is 2.41. The van der Waals surface area contributed by atoms with Crippen LogP contribution < -0.4 is 10.1 Å². The summed E-state index contributed by atoms with van der Waals surface area (Å²) < 4.78 is 5.76. The lowest BCUT2D eigenvalue weighted by molar-refractivity contribution is 0.165. The molecule has 0 spiro atoms. The highest BCUT2D eigenvalue weighted by Crippen LogP contribution is 2.25. The summed E-state index contributed by atoms with van der Waals surface area (Å²) in [5, 5.41) is 5.00. The van der Waals surface area contributed by atoms with Crippen LogP contribution in [0.2, 0.25) is 5.02 Å². The van der Waals surface area contributed by atoms with Crippen molar-refractivity contribution in [3.8, 4) is 5.75 Å². The lowest BCUT2D eigenvalue weighted by Gasteiger charge is -2.23. The van der Waals surface area contributed by atoms with E-state index in [1.165, 1.54) is 0 Å². The van der Waals surface area contributed by atoms with E-state index < -0.39 is 0 Å². The topological polar surface area (TPSA) is 23.3 Å². The smallest absolute Gasteiger partial charge is 0.138 e. The van der Waals surface area contributed by atoms with Gasteiger partial charge in [-0.3, -0.25) is 0 Å². The molecule has 1 aromatic carbocycles.